The molecule has 0 aliphatic carbocycles. The Hall–Kier alpha value is -2.93. The molecule has 8 heteroatoms. The van der Waals surface area contributed by atoms with Gasteiger partial charge >= 0.3 is 0 Å². The molecule has 7 nitrogen and oxygen atoms in total. The Morgan fingerprint density at radius 2 is 1.96 bits per heavy atom. The number of para-hydroxylation sites is 2. The van der Waals surface area contributed by atoms with Gasteiger partial charge in [0.2, 0.25) is 0 Å². The van der Waals surface area contributed by atoms with Crippen LogP contribution in [0.5, 0.6) is 17.2 Å². The number of halogens is 1. The molecule has 1 heterocycles. The van der Waals surface area contributed by atoms with Crippen molar-refractivity contribution in [1.29, 1.82) is 0 Å². The second-order valence-corrected chi connectivity index (χ2v) is 6.21. The second-order valence-electron chi connectivity index (χ2n) is 5.80. The smallest absolute Gasteiger partial charge is 0.262 e. The van der Waals surface area contributed by atoms with Crippen LogP contribution in [-0.2, 0) is 4.79 Å². The molecule has 0 fully saturated rings. The third kappa shape index (κ3) is 3.50. The van der Waals surface area contributed by atoms with E-state index >= 15 is 0 Å². The van der Waals surface area contributed by atoms with Crippen molar-refractivity contribution in [1.82, 2.24) is 5.32 Å². The maximum atomic E-state index is 13.2. The zero-order valence-electron chi connectivity index (χ0n) is 15.1. The normalized spacial score (nSPS) is 15.4. The van der Waals surface area contributed by atoms with Crippen molar-refractivity contribution in [3.8, 4) is 17.2 Å². The molecule has 0 saturated heterocycles. The first kappa shape index (κ1) is 18.8. The number of hydrogen-bond donors (Lipinski definition) is 1. The van der Waals surface area contributed by atoms with Crippen LogP contribution in [0.1, 0.15) is 10.4 Å². The molecule has 2 aromatic carbocycles. The lowest BCUT2D eigenvalue weighted by molar-refractivity contribution is -0.127. The lowest BCUT2D eigenvalue weighted by atomic mass is 10.1. The summed E-state index contributed by atoms with van der Waals surface area (Å²) in [5.41, 5.74) is 0.888. The summed E-state index contributed by atoms with van der Waals surface area (Å²) in [6.07, 6.45) is -0.815. The minimum Gasteiger partial charge on any atom is -0.493 e. The fourth-order valence-electron chi connectivity index (χ4n) is 2.92. The van der Waals surface area contributed by atoms with Gasteiger partial charge < -0.3 is 24.4 Å². The summed E-state index contributed by atoms with van der Waals surface area (Å²) < 4.78 is 16.2. The molecule has 0 bridgehead atoms. The van der Waals surface area contributed by atoms with Crippen LogP contribution in [0.4, 0.5) is 5.69 Å². The molecule has 1 aliphatic heterocycles. The van der Waals surface area contributed by atoms with Crippen LogP contribution in [0, 0.1) is 0 Å². The quantitative estimate of drug-likeness (QED) is 0.868. The summed E-state index contributed by atoms with van der Waals surface area (Å²) in [6.45, 7) is 0.0709. The van der Waals surface area contributed by atoms with Gasteiger partial charge in [-0.3, -0.25) is 9.59 Å². The summed E-state index contributed by atoms with van der Waals surface area (Å²) in [5.74, 6) is 0.506. The van der Waals surface area contributed by atoms with Crippen molar-refractivity contribution in [2.24, 2.45) is 0 Å². The fraction of sp³-hybridized carbons (Fsp3) is 0.263. The molecule has 3 rings (SSSR count). The highest BCUT2D eigenvalue weighted by molar-refractivity contribution is 6.33. The lowest BCUT2D eigenvalue weighted by Gasteiger charge is -2.34. The summed E-state index contributed by atoms with van der Waals surface area (Å²) in [4.78, 5) is 26.8. The second kappa shape index (κ2) is 7.75. The van der Waals surface area contributed by atoms with Crippen molar-refractivity contribution in [3.63, 3.8) is 0 Å². The molecule has 1 aliphatic rings. The first-order chi connectivity index (χ1) is 13.0. The van der Waals surface area contributed by atoms with E-state index in [1.54, 1.807) is 30.3 Å². The number of likely N-dealkylation sites (N-methyl/N-ethyl adjacent to an activating group) is 1. The number of rotatable bonds is 4. The number of nitrogens with zero attached hydrogens (tertiary/aromatic N) is 1. The Morgan fingerprint density at radius 3 is 2.63 bits per heavy atom. The molecule has 0 unspecified atom stereocenters. The van der Waals surface area contributed by atoms with Crippen LogP contribution in [0.15, 0.2) is 36.4 Å². The minimum absolute atomic E-state index is 0.0709. The van der Waals surface area contributed by atoms with E-state index in [9.17, 15) is 9.59 Å². The van der Waals surface area contributed by atoms with Gasteiger partial charge in [0.1, 0.15) is 5.75 Å². The Balaban J connectivity index is 2.03. The predicted octanol–water partition coefficient (Wildman–Crippen LogP) is 2.51. The number of carbonyl (C=O) groups is 2. The number of nitrogens with one attached hydrogen (secondary N) is 1. The van der Waals surface area contributed by atoms with Gasteiger partial charge in [0.05, 0.1) is 31.5 Å². The van der Waals surface area contributed by atoms with Gasteiger partial charge in [-0.15, -0.1) is 0 Å². The number of anilines is 1. The number of hydrogen-bond acceptors (Lipinski definition) is 5. The van der Waals surface area contributed by atoms with E-state index in [-0.39, 0.29) is 23.4 Å². The average Bonchev–Trinajstić information content (AvgIpc) is 2.70. The van der Waals surface area contributed by atoms with Gasteiger partial charge in [0.15, 0.2) is 17.6 Å². The van der Waals surface area contributed by atoms with Crippen molar-refractivity contribution >= 4 is 29.1 Å². The van der Waals surface area contributed by atoms with E-state index in [0.29, 0.717) is 28.5 Å². The van der Waals surface area contributed by atoms with Gasteiger partial charge in [0, 0.05) is 12.6 Å². The third-order valence-electron chi connectivity index (χ3n) is 4.24. The van der Waals surface area contributed by atoms with Crippen LogP contribution in [0.25, 0.3) is 0 Å². The average molecular weight is 391 g/mol. The largest absolute Gasteiger partial charge is 0.493 e. The van der Waals surface area contributed by atoms with Gasteiger partial charge in [-0.25, -0.2) is 0 Å². The van der Waals surface area contributed by atoms with E-state index in [1.807, 2.05) is 0 Å². The lowest BCUT2D eigenvalue weighted by Crippen LogP contribution is -2.50. The molecule has 0 aromatic heterocycles. The van der Waals surface area contributed by atoms with E-state index in [4.69, 9.17) is 25.8 Å². The Kier molecular flexibility index (Phi) is 5.41. The van der Waals surface area contributed by atoms with Crippen LogP contribution in [0.3, 0.4) is 0 Å². The van der Waals surface area contributed by atoms with Gasteiger partial charge in [-0.2, -0.15) is 0 Å². The molecule has 1 atom stereocenters. The molecule has 0 radical (unpaired) electrons. The number of ether oxygens (including phenoxy) is 3. The highest BCUT2D eigenvalue weighted by Crippen LogP contribution is 2.38. The molecule has 1 N–H and O–H groups in total. The molecule has 0 saturated carbocycles. The van der Waals surface area contributed by atoms with Crippen LogP contribution in [0.2, 0.25) is 5.02 Å². The molecule has 0 spiro atoms. The molecular weight excluding hydrogens is 372 g/mol. The van der Waals surface area contributed by atoms with Crippen molar-refractivity contribution in [2.45, 2.75) is 6.10 Å². The number of carbonyl (C=O) groups excluding carboxylic acids is 2. The Morgan fingerprint density at radius 1 is 1.22 bits per heavy atom. The first-order valence-electron chi connectivity index (χ1n) is 8.20. The van der Waals surface area contributed by atoms with Gasteiger partial charge in [0.25, 0.3) is 11.8 Å². The van der Waals surface area contributed by atoms with Gasteiger partial charge in [-0.1, -0.05) is 23.7 Å². The molecule has 27 heavy (non-hydrogen) atoms. The molecule has 142 valence electrons. The van der Waals surface area contributed by atoms with Crippen molar-refractivity contribution in [2.75, 3.05) is 32.7 Å². The summed E-state index contributed by atoms with van der Waals surface area (Å²) in [5, 5.41) is 2.80. The van der Waals surface area contributed by atoms with Crippen LogP contribution >= 0.6 is 11.6 Å². The molecule has 2 amide bonds. The summed E-state index contributed by atoms with van der Waals surface area (Å²) in [6, 6.07) is 10.1. The topological polar surface area (TPSA) is 77.1 Å². The molecular formula is C19H19ClN2O5. The van der Waals surface area contributed by atoms with Crippen molar-refractivity contribution < 1.29 is 23.8 Å². The monoisotopic (exact) mass is 390 g/mol. The van der Waals surface area contributed by atoms with Crippen LogP contribution < -0.4 is 24.4 Å². The number of benzene rings is 2. The maximum Gasteiger partial charge on any atom is 0.262 e. The highest BCUT2D eigenvalue weighted by atomic mass is 35.5. The Labute approximate surface area is 161 Å². The van der Waals surface area contributed by atoms with Crippen LogP contribution in [-0.4, -0.2) is 45.7 Å². The van der Waals surface area contributed by atoms with Gasteiger partial charge in [-0.05, 0) is 24.3 Å². The third-order valence-corrected chi connectivity index (χ3v) is 4.52. The van der Waals surface area contributed by atoms with E-state index in [2.05, 4.69) is 5.32 Å². The number of fused-ring (bicyclic) bond motifs is 1. The maximum absolute atomic E-state index is 13.2. The summed E-state index contributed by atoms with van der Waals surface area (Å²) in [7, 11) is 4.46. The van der Waals surface area contributed by atoms with E-state index in [0.717, 1.165) is 0 Å². The highest BCUT2D eigenvalue weighted by Gasteiger charge is 2.34. The Bertz CT molecular complexity index is 886. The fourth-order valence-corrected chi connectivity index (χ4v) is 3.21. The SMILES string of the molecule is CNC(=O)[C@@H]1CN(C(=O)c2cc(Cl)c(OC)c(OC)c2)c2ccccc2O1. The van der Waals surface area contributed by atoms with Crippen molar-refractivity contribution in [3.05, 3.63) is 47.0 Å². The zero-order valence-corrected chi connectivity index (χ0v) is 15.9. The minimum atomic E-state index is -0.815. The van der Waals surface area contributed by atoms with E-state index in [1.165, 1.54) is 32.2 Å². The zero-order chi connectivity index (χ0) is 19.6. The number of methoxy groups -OCH3 is 2. The first-order valence-corrected chi connectivity index (χ1v) is 8.58. The number of amides is 2. The molecule has 2 aromatic rings. The standard InChI is InChI=1S/C19H19ClN2O5/c1-21-18(23)16-10-22(13-6-4-5-7-14(13)27-16)19(24)11-8-12(20)17(26-3)15(9-11)25-2/h4-9,16H,10H2,1-3H3,(H,21,23)/t16-/m0/s1. The predicted molar refractivity (Wildman–Crippen MR) is 101 cm³/mol. The summed E-state index contributed by atoms with van der Waals surface area (Å²) >= 11 is 6.23. The van der Waals surface area contributed by atoms with E-state index < -0.39 is 6.10 Å².